The summed E-state index contributed by atoms with van der Waals surface area (Å²) >= 11 is 0. The van der Waals surface area contributed by atoms with Gasteiger partial charge in [-0.05, 0) is 30.3 Å². The van der Waals surface area contributed by atoms with E-state index in [9.17, 15) is 14.4 Å². The van der Waals surface area contributed by atoms with Gasteiger partial charge in [-0.2, -0.15) is 5.10 Å². The first-order chi connectivity index (χ1) is 14.1. The molecule has 0 aliphatic heterocycles. The number of H-pyrrole nitrogens is 1. The molecule has 1 aromatic carbocycles. The third kappa shape index (κ3) is 3.81. The highest BCUT2D eigenvalue weighted by Gasteiger charge is 2.14. The smallest absolute Gasteiger partial charge is 0.275 e. The topological polar surface area (TPSA) is 110 Å². The van der Waals surface area contributed by atoms with Gasteiger partial charge < -0.3 is 10.3 Å². The number of amides is 1. The lowest BCUT2D eigenvalue weighted by atomic mass is 10.1. The van der Waals surface area contributed by atoms with Crippen molar-refractivity contribution < 1.29 is 4.79 Å². The molecular weight excluding hydrogens is 370 g/mol. The van der Waals surface area contributed by atoms with Gasteiger partial charge in [-0.1, -0.05) is 24.3 Å². The highest BCUT2D eigenvalue weighted by molar-refractivity contribution is 5.94. The lowest BCUT2D eigenvalue weighted by Crippen LogP contribution is -2.31. The van der Waals surface area contributed by atoms with Crippen molar-refractivity contribution in [2.45, 2.75) is 13.1 Å². The summed E-state index contributed by atoms with van der Waals surface area (Å²) in [7, 11) is 0. The van der Waals surface area contributed by atoms with Crippen LogP contribution in [0.15, 0.2) is 76.6 Å². The standard InChI is InChI=1S/C21H17N5O3/c27-19-17(9-5-11-23-19)20(28)24-12-18-15-7-1-2-8-16(15)21(29)26(25-18)13-14-6-3-4-10-22-14/h1-11H,12-13H2,(H,23,27)(H,24,28). The third-order valence-corrected chi connectivity index (χ3v) is 4.46. The molecule has 0 spiro atoms. The number of hydrogen-bond acceptors (Lipinski definition) is 5. The molecule has 4 rings (SSSR count). The minimum absolute atomic E-state index is 0.0126. The Labute approximate surface area is 164 Å². The number of nitrogens with one attached hydrogen (secondary N) is 2. The van der Waals surface area contributed by atoms with E-state index in [-0.39, 0.29) is 24.2 Å². The van der Waals surface area contributed by atoms with Crippen molar-refractivity contribution >= 4 is 16.7 Å². The first-order valence-electron chi connectivity index (χ1n) is 8.98. The van der Waals surface area contributed by atoms with Crippen molar-refractivity contribution in [3.8, 4) is 0 Å². The zero-order chi connectivity index (χ0) is 20.2. The van der Waals surface area contributed by atoms with Gasteiger partial charge in [-0.15, -0.1) is 0 Å². The molecule has 3 heterocycles. The molecule has 0 unspecified atom stereocenters. The molecule has 8 nitrogen and oxygen atoms in total. The van der Waals surface area contributed by atoms with Gasteiger partial charge in [0.15, 0.2) is 0 Å². The number of carbonyl (C=O) groups is 1. The van der Waals surface area contributed by atoms with E-state index >= 15 is 0 Å². The van der Waals surface area contributed by atoms with Gasteiger partial charge in [-0.25, -0.2) is 4.68 Å². The van der Waals surface area contributed by atoms with Crippen LogP contribution in [0.3, 0.4) is 0 Å². The Morgan fingerprint density at radius 2 is 1.79 bits per heavy atom. The maximum Gasteiger partial charge on any atom is 0.275 e. The lowest BCUT2D eigenvalue weighted by Gasteiger charge is -2.11. The van der Waals surface area contributed by atoms with Gasteiger partial charge in [0.05, 0.1) is 29.9 Å². The minimum atomic E-state index is -0.514. The Morgan fingerprint density at radius 1 is 1.00 bits per heavy atom. The van der Waals surface area contributed by atoms with E-state index in [1.165, 1.54) is 16.9 Å². The number of aromatic amines is 1. The maximum absolute atomic E-state index is 12.8. The molecule has 0 aliphatic carbocycles. The number of hydrogen-bond donors (Lipinski definition) is 2. The summed E-state index contributed by atoms with van der Waals surface area (Å²) in [6.45, 7) is 0.278. The van der Waals surface area contributed by atoms with Crippen LogP contribution in [0.2, 0.25) is 0 Å². The summed E-state index contributed by atoms with van der Waals surface area (Å²) in [6, 6.07) is 15.6. The normalized spacial score (nSPS) is 10.8. The van der Waals surface area contributed by atoms with Crippen LogP contribution >= 0.6 is 0 Å². The fourth-order valence-corrected chi connectivity index (χ4v) is 3.05. The predicted molar refractivity (Wildman–Crippen MR) is 108 cm³/mol. The second-order valence-electron chi connectivity index (χ2n) is 6.37. The third-order valence-electron chi connectivity index (χ3n) is 4.46. The highest BCUT2D eigenvalue weighted by Crippen LogP contribution is 2.13. The zero-order valence-electron chi connectivity index (χ0n) is 15.3. The Morgan fingerprint density at radius 3 is 2.55 bits per heavy atom. The minimum Gasteiger partial charge on any atom is -0.346 e. The fourth-order valence-electron chi connectivity index (χ4n) is 3.05. The summed E-state index contributed by atoms with van der Waals surface area (Å²) in [6.07, 6.45) is 3.11. The van der Waals surface area contributed by atoms with Crippen LogP contribution in [0.5, 0.6) is 0 Å². The molecule has 0 saturated carbocycles. The van der Waals surface area contributed by atoms with Crippen LogP contribution < -0.4 is 16.4 Å². The van der Waals surface area contributed by atoms with Crippen molar-refractivity contribution in [3.63, 3.8) is 0 Å². The highest BCUT2D eigenvalue weighted by atomic mass is 16.2. The average molecular weight is 387 g/mol. The second-order valence-corrected chi connectivity index (χ2v) is 6.37. The quantitative estimate of drug-likeness (QED) is 0.539. The van der Waals surface area contributed by atoms with Gasteiger partial charge >= 0.3 is 0 Å². The first-order valence-corrected chi connectivity index (χ1v) is 8.98. The number of rotatable bonds is 5. The molecule has 0 saturated heterocycles. The molecule has 0 radical (unpaired) electrons. The SMILES string of the molecule is O=C(NCc1nn(Cc2ccccn2)c(=O)c2ccccc12)c1ccc[nH]c1=O. The average Bonchev–Trinajstić information content (AvgIpc) is 2.76. The molecule has 1 amide bonds. The van der Waals surface area contributed by atoms with E-state index in [4.69, 9.17) is 0 Å². The largest absolute Gasteiger partial charge is 0.346 e. The van der Waals surface area contributed by atoms with E-state index in [0.29, 0.717) is 22.2 Å². The summed E-state index contributed by atoms with van der Waals surface area (Å²) in [5.41, 5.74) is 0.530. The molecule has 29 heavy (non-hydrogen) atoms. The molecule has 2 N–H and O–H groups in total. The van der Waals surface area contributed by atoms with Crippen LogP contribution in [0.4, 0.5) is 0 Å². The van der Waals surface area contributed by atoms with Crippen molar-refractivity contribution in [1.29, 1.82) is 0 Å². The summed E-state index contributed by atoms with van der Waals surface area (Å²) in [5.74, 6) is -0.514. The van der Waals surface area contributed by atoms with Gasteiger partial charge in [0.25, 0.3) is 17.0 Å². The van der Waals surface area contributed by atoms with E-state index in [0.717, 1.165) is 0 Å². The number of pyridine rings is 2. The van der Waals surface area contributed by atoms with Crippen LogP contribution in [-0.4, -0.2) is 25.7 Å². The van der Waals surface area contributed by atoms with Crippen molar-refractivity contribution in [1.82, 2.24) is 25.1 Å². The van der Waals surface area contributed by atoms with E-state index < -0.39 is 11.5 Å². The first kappa shape index (κ1) is 18.3. The molecule has 0 bridgehead atoms. The molecule has 4 aromatic rings. The molecular formula is C21H17N5O3. The van der Waals surface area contributed by atoms with Gasteiger partial charge in [0, 0.05) is 17.8 Å². The molecule has 0 atom stereocenters. The van der Waals surface area contributed by atoms with Crippen molar-refractivity contribution in [2.75, 3.05) is 0 Å². The number of nitrogens with zero attached hydrogens (tertiary/aromatic N) is 3. The van der Waals surface area contributed by atoms with Crippen LogP contribution in [-0.2, 0) is 13.1 Å². The number of carbonyl (C=O) groups excluding carboxylic acids is 1. The second kappa shape index (κ2) is 7.89. The number of benzene rings is 1. The summed E-state index contributed by atoms with van der Waals surface area (Å²) in [5, 5.41) is 8.30. The summed E-state index contributed by atoms with van der Waals surface area (Å²) < 4.78 is 1.33. The molecule has 144 valence electrons. The number of fused-ring (bicyclic) bond motifs is 1. The molecule has 8 heteroatoms. The van der Waals surface area contributed by atoms with Crippen molar-refractivity contribution in [3.05, 3.63) is 105 Å². The Bertz CT molecular complexity index is 1290. The number of aromatic nitrogens is 4. The van der Waals surface area contributed by atoms with E-state index in [2.05, 4.69) is 20.4 Å². The monoisotopic (exact) mass is 387 g/mol. The van der Waals surface area contributed by atoms with Crippen LogP contribution in [0.25, 0.3) is 10.8 Å². The van der Waals surface area contributed by atoms with Crippen molar-refractivity contribution in [2.24, 2.45) is 0 Å². The molecule has 0 fully saturated rings. The van der Waals surface area contributed by atoms with Gasteiger partial charge in [-0.3, -0.25) is 19.4 Å². The van der Waals surface area contributed by atoms with Crippen LogP contribution in [0.1, 0.15) is 21.7 Å². The molecule has 3 aromatic heterocycles. The summed E-state index contributed by atoms with van der Waals surface area (Å²) in [4.78, 5) is 43.7. The Balaban J connectivity index is 1.69. The van der Waals surface area contributed by atoms with E-state index in [1.807, 2.05) is 12.1 Å². The maximum atomic E-state index is 12.8. The Kier molecular flexibility index (Phi) is 4.98. The Hall–Kier alpha value is -4.07. The van der Waals surface area contributed by atoms with Crippen LogP contribution in [0, 0.1) is 0 Å². The predicted octanol–water partition coefficient (Wildman–Crippen LogP) is 1.46. The zero-order valence-corrected chi connectivity index (χ0v) is 15.3. The van der Waals surface area contributed by atoms with E-state index in [1.54, 1.807) is 42.6 Å². The fraction of sp³-hybridized carbons (Fsp3) is 0.0952. The molecule has 0 aliphatic rings. The van der Waals surface area contributed by atoms with Gasteiger partial charge in [0.1, 0.15) is 5.56 Å². The van der Waals surface area contributed by atoms with Gasteiger partial charge in [0.2, 0.25) is 0 Å². The lowest BCUT2D eigenvalue weighted by molar-refractivity contribution is 0.0949.